The molecule has 5 N–H and O–H groups in total. The number of halogens is 1. The first-order chi connectivity index (χ1) is 16.0. The Labute approximate surface area is 200 Å². The molecule has 1 aromatic carbocycles. The maximum atomic E-state index is 13.7. The molecule has 0 saturated heterocycles. The number of pyridine rings is 1. The third kappa shape index (κ3) is 5.73. The van der Waals surface area contributed by atoms with Crippen LogP contribution >= 0.6 is 11.5 Å². The number of nitrogen functional groups attached to an aromatic ring is 1. The average Bonchev–Trinajstić information content (AvgIpc) is 3.15. The first kappa shape index (κ1) is 24.8. The van der Waals surface area contributed by atoms with E-state index in [1.54, 1.807) is 45.3 Å². The predicted molar refractivity (Wildman–Crippen MR) is 126 cm³/mol. The molecule has 1 unspecified atom stereocenters. The highest BCUT2D eigenvalue weighted by Crippen LogP contribution is 2.30. The van der Waals surface area contributed by atoms with Gasteiger partial charge in [-0.1, -0.05) is 18.2 Å². The lowest BCUT2D eigenvalue weighted by Crippen LogP contribution is -2.49. The molecule has 0 aliphatic carbocycles. The van der Waals surface area contributed by atoms with Gasteiger partial charge in [0.15, 0.2) is 5.69 Å². The number of nitrogens with two attached hydrogens (primary N) is 2. The van der Waals surface area contributed by atoms with Crippen molar-refractivity contribution >= 4 is 34.9 Å². The number of aromatic nitrogens is 2. The Bertz CT molecular complexity index is 1190. The van der Waals surface area contributed by atoms with Gasteiger partial charge in [-0.25, -0.2) is 4.39 Å². The minimum Gasteiger partial charge on any atom is -0.395 e. The highest BCUT2D eigenvalue weighted by Gasteiger charge is 2.36. The third-order valence-corrected chi connectivity index (χ3v) is 5.59. The maximum absolute atomic E-state index is 13.7. The summed E-state index contributed by atoms with van der Waals surface area (Å²) in [5, 5.41) is 2.88. The van der Waals surface area contributed by atoms with Gasteiger partial charge in [-0.3, -0.25) is 19.4 Å². The van der Waals surface area contributed by atoms with Gasteiger partial charge in [-0.05, 0) is 61.6 Å². The van der Waals surface area contributed by atoms with Crippen molar-refractivity contribution in [1.29, 1.82) is 0 Å². The molecule has 34 heavy (non-hydrogen) atoms. The number of amides is 3. The molecule has 0 spiro atoms. The van der Waals surface area contributed by atoms with Crippen molar-refractivity contribution in [2.75, 3.05) is 5.73 Å². The van der Waals surface area contributed by atoms with E-state index < -0.39 is 35.1 Å². The molecule has 1 atom stereocenters. The number of nitrogens with zero attached hydrogens (tertiary/aromatic N) is 3. The van der Waals surface area contributed by atoms with Gasteiger partial charge in [0.05, 0.1) is 5.69 Å². The zero-order valence-electron chi connectivity index (χ0n) is 18.9. The number of benzene rings is 1. The molecule has 0 bridgehead atoms. The van der Waals surface area contributed by atoms with Crippen molar-refractivity contribution in [3.8, 4) is 0 Å². The number of rotatable bonds is 7. The minimum absolute atomic E-state index is 0.0183. The van der Waals surface area contributed by atoms with E-state index in [2.05, 4.69) is 14.7 Å². The van der Waals surface area contributed by atoms with Gasteiger partial charge in [0.25, 0.3) is 11.8 Å². The number of anilines is 1. The summed E-state index contributed by atoms with van der Waals surface area (Å²) in [6, 6.07) is 7.62. The summed E-state index contributed by atoms with van der Waals surface area (Å²) in [5.74, 6) is -2.46. The van der Waals surface area contributed by atoms with Crippen LogP contribution in [-0.4, -0.2) is 37.5 Å². The molecule has 0 aliphatic rings. The lowest BCUT2D eigenvalue weighted by Gasteiger charge is -2.33. The van der Waals surface area contributed by atoms with Crippen molar-refractivity contribution in [1.82, 2.24) is 19.6 Å². The van der Waals surface area contributed by atoms with Crippen molar-refractivity contribution in [3.05, 3.63) is 76.3 Å². The zero-order chi connectivity index (χ0) is 25.0. The van der Waals surface area contributed by atoms with Crippen molar-refractivity contribution in [3.63, 3.8) is 0 Å². The van der Waals surface area contributed by atoms with Crippen LogP contribution in [0.15, 0.2) is 48.8 Å². The third-order valence-electron chi connectivity index (χ3n) is 4.74. The number of carbonyl (C=O) groups excluding carboxylic acids is 3. The lowest BCUT2D eigenvalue weighted by molar-refractivity contribution is -0.127. The number of hydrogen-bond donors (Lipinski definition) is 3. The van der Waals surface area contributed by atoms with Crippen LogP contribution < -0.4 is 16.8 Å². The van der Waals surface area contributed by atoms with Crippen LogP contribution in [0.3, 0.4) is 0 Å². The Hall–Kier alpha value is -3.86. The molecular weight excluding hydrogens is 459 g/mol. The summed E-state index contributed by atoms with van der Waals surface area (Å²) < 4.78 is 17.6. The predicted octanol–water partition coefficient (Wildman–Crippen LogP) is 2.66. The fraction of sp³-hybridized carbons (Fsp3) is 0.261. The Balaban J connectivity index is 2.15. The first-order valence-electron chi connectivity index (χ1n) is 10.3. The van der Waals surface area contributed by atoms with Crippen LogP contribution in [0.2, 0.25) is 0 Å². The SMILES string of the molecule is CC(C)(C)NC(=O)C(c1ccc(F)cc1)N(Cc1cccnc1)C(=O)c1snc(C(N)=O)c1N. The van der Waals surface area contributed by atoms with Crippen molar-refractivity contribution in [2.45, 2.75) is 38.9 Å². The smallest absolute Gasteiger partial charge is 0.270 e. The summed E-state index contributed by atoms with van der Waals surface area (Å²) in [6.07, 6.45) is 3.15. The maximum Gasteiger partial charge on any atom is 0.270 e. The van der Waals surface area contributed by atoms with Gasteiger partial charge in [0, 0.05) is 24.5 Å². The van der Waals surface area contributed by atoms with E-state index in [1.165, 1.54) is 29.2 Å². The van der Waals surface area contributed by atoms with Crippen LogP contribution in [0.25, 0.3) is 0 Å². The topological polar surface area (TPSA) is 144 Å². The van der Waals surface area contributed by atoms with Crippen LogP contribution in [0, 0.1) is 5.82 Å². The molecule has 9 nitrogen and oxygen atoms in total. The van der Waals surface area contributed by atoms with E-state index in [-0.39, 0.29) is 22.8 Å². The fourth-order valence-electron chi connectivity index (χ4n) is 3.28. The number of nitrogens with one attached hydrogen (secondary N) is 1. The Kier molecular flexibility index (Phi) is 7.26. The largest absolute Gasteiger partial charge is 0.395 e. The number of carbonyl (C=O) groups is 3. The molecule has 3 amide bonds. The highest BCUT2D eigenvalue weighted by atomic mass is 32.1. The van der Waals surface area contributed by atoms with Gasteiger partial charge in [-0.15, -0.1) is 0 Å². The van der Waals surface area contributed by atoms with Crippen LogP contribution in [0.1, 0.15) is 58.1 Å². The second-order valence-electron chi connectivity index (χ2n) is 8.63. The van der Waals surface area contributed by atoms with Crippen LogP contribution in [0.5, 0.6) is 0 Å². The Morgan fingerprint density at radius 2 is 1.85 bits per heavy atom. The summed E-state index contributed by atoms with van der Waals surface area (Å²) >= 11 is 0.717. The van der Waals surface area contributed by atoms with Gasteiger partial charge < -0.3 is 21.7 Å². The molecule has 11 heteroatoms. The lowest BCUT2D eigenvalue weighted by atomic mass is 10.0. The van der Waals surface area contributed by atoms with E-state index in [4.69, 9.17) is 11.5 Å². The molecule has 0 radical (unpaired) electrons. The van der Waals surface area contributed by atoms with E-state index in [0.717, 1.165) is 11.5 Å². The van der Waals surface area contributed by atoms with E-state index in [0.29, 0.717) is 11.1 Å². The molecule has 0 fully saturated rings. The molecule has 178 valence electrons. The zero-order valence-corrected chi connectivity index (χ0v) is 19.7. The molecule has 2 heterocycles. The van der Waals surface area contributed by atoms with E-state index >= 15 is 0 Å². The molecular formula is C23H25FN6O3S. The second kappa shape index (κ2) is 9.96. The molecule has 0 aliphatic heterocycles. The standard InChI is InChI=1S/C23H25FN6O3S/c1-23(2,3)28-21(32)18(14-6-8-15(24)9-7-14)30(12-13-5-4-10-27-11-13)22(33)19-16(25)17(20(26)31)29-34-19/h4-11,18H,12,25H2,1-3H3,(H2,26,31)(H,28,32). The monoisotopic (exact) mass is 484 g/mol. The van der Waals surface area contributed by atoms with Gasteiger partial charge in [-0.2, -0.15) is 4.37 Å². The summed E-state index contributed by atoms with van der Waals surface area (Å²) in [7, 11) is 0. The van der Waals surface area contributed by atoms with Gasteiger partial charge in [0.1, 0.15) is 16.7 Å². The number of primary amides is 1. The molecule has 2 aromatic heterocycles. The van der Waals surface area contributed by atoms with Gasteiger partial charge in [0.2, 0.25) is 5.91 Å². The summed E-state index contributed by atoms with van der Waals surface area (Å²) in [4.78, 5) is 44.2. The normalized spacial score (nSPS) is 12.1. The number of hydrogen-bond acceptors (Lipinski definition) is 7. The first-order valence-corrected chi connectivity index (χ1v) is 11.1. The highest BCUT2D eigenvalue weighted by molar-refractivity contribution is 7.09. The molecule has 3 aromatic rings. The molecule has 0 saturated carbocycles. The Morgan fingerprint density at radius 1 is 1.18 bits per heavy atom. The Morgan fingerprint density at radius 3 is 2.38 bits per heavy atom. The fourth-order valence-corrected chi connectivity index (χ4v) is 4.05. The van der Waals surface area contributed by atoms with E-state index in [1.807, 2.05) is 0 Å². The van der Waals surface area contributed by atoms with Crippen LogP contribution in [0.4, 0.5) is 10.1 Å². The van der Waals surface area contributed by atoms with E-state index in [9.17, 15) is 18.8 Å². The summed E-state index contributed by atoms with van der Waals surface area (Å²) in [5.41, 5.74) is 11.4. The quantitative estimate of drug-likeness (QED) is 0.470. The van der Waals surface area contributed by atoms with Crippen LogP contribution in [-0.2, 0) is 11.3 Å². The van der Waals surface area contributed by atoms with Crippen molar-refractivity contribution < 1.29 is 18.8 Å². The summed E-state index contributed by atoms with van der Waals surface area (Å²) in [6.45, 7) is 5.40. The minimum atomic E-state index is -1.15. The van der Waals surface area contributed by atoms with Crippen molar-refractivity contribution in [2.24, 2.45) is 5.73 Å². The molecule has 3 rings (SSSR count). The second-order valence-corrected chi connectivity index (χ2v) is 9.40. The average molecular weight is 485 g/mol. The van der Waals surface area contributed by atoms with Gasteiger partial charge >= 0.3 is 0 Å².